The minimum Gasteiger partial charge on any atom is -0.496 e. The van der Waals surface area contributed by atoms with Gasteiger partial charge in [0, 0.05) is 32.4 Å². The molecule has 2 N–H and O–H groups in total. The molecule has 0 spiro atoms. The lowest BCUT2D eigenvalue weighted by Crippen LogP contribution is -2.34. The highest BCUT2D eigenvalue weighted by molar-refractivity contribution is 5.89. The van der Waals surface area contributed by atoms with E-state index in [1.165, 1.54) is 20.4 Å². The van der Waals surface area contributed by atoms with Gasteiger partial charge in [-0.05, 0) is 45.4 Å². The summed E-state index contributed by atoms with van der Waals surface area (Å²) in [5.41, 5.74) is 7.99. The van der Waals surface area contributed by atoms with Crippen LogP contribution in [0.5, 0.6) is 11.5 Å². The van der Waals surface area contributed by atoms with Crippen molar-refractivity contribution in [2.75, 3.05) is 45.1 Å². The number of benzene rings is 2. The summed E-state index contributed by atoms with van der Waals surface area (Å²) in [6, 6.07) is 10.4. The lowest BCUT2D eigenvalue weighted by atomic mass is 10.2. The van der Waals surface area contributed by atoms with Crippen LogP contribution < -0.4 is 25.8 Å². The van der Waals surface area contributed by atoms with E-state index >= 15 is 0 Å². The molecule has 0 atom stereocenters. The molecule has 2 aromatic heterocycles. The Labute approximate surface area is 231 Å². The molecule has 0 radical (unpaired) electrons. The Morgan fingerprint density at radius 2 is 1.77 bits per heavy atom. The number of fused-ring (bicyclic) bond motifs is 1. The van der Waals surface area contributed by atoms with Crippen LogP contribution in [-0.2, 0) is 9.47 Å². The fourth-order valence-corrected chi connectivity index (χ4v) is 4.12. The summed E-state index contributed by atoms with van der Waals surface area (Å²) in [5.74, 6) is 1.14. The van der Waals surface area contributed by atoms with E-state index in [9.17, 15) is 9.59 Å². The number of imidazole rings is 1. The van der Waals surface area contributed by atoms with Crippen molar-refractivity contribution >= 4 is 28.8 Å². The van der Waals surface area contributed by atoms with Crippen LogP contribution in [0.15, 0.2) is 47.5 Å². The topological polar surface area (TPSA) is 136 Å². The summed E-state index contributed by atoms with van der Waals surface area (Å²) >= 11 is 0. The van der Waals surface area contributed by atoms with Gasteiger partial charge in [-0.2, -0.15) is 0 Å². The van der Waals surface area contributed by atoms with E-state index in [4.69, 9.17) is 24.7 Å². The van der Waals surface area contributed by atoms with Crippen LogP contribution >= 0.6 is 0 Å². The van der Waals surface area contributed by atoms with Crippen molar-refractivity contribution in [2.45, 2.75) is 33.3 Å². The fourth-order valence-electron chi connectivity index (χ4n) is 4.12. The first-order chi connectivity index (χ1) is 18.9. The van der Waals surface area contributed by atoms with Gasteiger partial charge in [-0.1, -0.05) is 6.07 Å². The van der Waals surface area contributed by atoms with E-state index in [1.807, 2.05) is 13.0 Å². The molecule has 0 saturated carbocycles. The normalized spacial score (nSPS) is 11.5. The third kappa shape index (κ3) is 5.71. The SMILES string of the molecule is COCCOc1cc(N(C)C(=O)OC(C)(C)C)cc(-n2c(=O)n(-c3ccc(C)c(OC)c3)c3c(N)ncnc32)c1. The molecule has 4 aromatic rings. The van der Waals surface area contributed by atoms with Crippen LogP contribution in [-0.4, -0.2) is 65.3 Å². The highest BCUT2D eigenvalue weighted by Gasteiger charge is 2.24. The van der Waals surface area contributed by atoms with E-state index in [2.05, 4.69) is 9.97 Å². The number of nitrogen functional groups attached to an aromatic ring is 1. The number of aromatic nitrogens is 4. The molecule has 0 fully saturated rings. The lowest BCUT2D eigenvalue weighted by Gasteiger charge is -2.25. The average Bonchev–Trinajstić information content (AvgIpc) is 3.20. The Morgan fingerprint density at radius 3 is 2.45 bits per heavy atom. The number of carbonyl (C=O) groups is 1. The fraction of sp³-hybridized carbons (Fsp3) is 0.357. The Hall–Kier alpha value is -4.58. The molecule has 2 aromatic carbocycles. The molecule has 12 nitrogen and oxygen atoms in total. The molecule has 1 amide bonds. The minimum absolute atomic E-state index is 0.124. The molecule has 4 rings (SSSR count). The first-order valence-electron chi connectivity index (χ1n) is 12.6. The molecular formula is C28H34N6O6. The van der Waals surface area contributed by atoms with Crippen LogP contribution in [0.1, 0.15) is 26.3 Å². The van der Waals surface area contributed by atoms with Crippen LogP contribution in [0.25, 0.3) is 22.5 Å². The van der Waals surface area contributed by atoms with Gasteiger partial charge in [-0.15, -0.1) is 0 Å². The molecule has 12 heteroatoms. The zero-order chi connectivity index (χ0) is 29.2. The van der Waals surface area contributed by atoms with E-state index in [0.29, 0.717) is 40.7 Å². The predicted molar refractivity (Wildman–Crippen MR) is 152 cm³/mol. The van der Waals surface area contributed by atoms with Gasteiger partial charge in [0.2, 0.25) is 0 Å². The van der Waals surface area contributed by atoms with Crippen LogP contribution in [0.4, 0.5) is 16.3 Å². The Balaban J connectivity index is 1.95. The third-order valence-corrected chi connectivity index (χ3v) is 6.04. The first kappa shape index (κ1) is 28.4. The van der Waals surface area contributed by atoms with Gasteiger partial charge >= 0.3 is 11.8 Å². The number of aryl methyl sites for hydroxylation is 1. The molecule has 212 valence electrons. The second kappa shape index (κ2) is 11.3. The standard InChI is InChI=1S/C28H34N6O6/c1-17-8-9-18(15-22(17)38-7)33-23-24(29)30-16-31-25(23)34(26(33)35)20-12-19(13-21(14-20)39-11-10-37-6)32(5)27(36)40-28(2,3)4/h8-9,12-16H,10-11H2,1-7H3,(H2,29,30,31). The van der Waals surface area contributed by atoms with Gasteiger partial charge in [-0.3, -0.25) is 9.47 Å². The summed E-state index contributed by atoms with van der Waals surface area (Å²) in [6.07, 6.45) is 0.723. The minimum atomic E-state index is -0.700. The smallest absolute Gasteiger partial charge is 0.414 e. The van der Waals surface area contributed by atoms with Gasteiger partial charge in [0.1, 0.15) is 35.6 Å². The van der Waals surface area contributed by atoms with Crippen molar-refractivity contribution in [3.63, 3.8) is 0 Å². The highest BCUT2D eigenvalue weighted by atomic mass is 16.6. The predicted octanol–water partition coefficient (Wildman–Crippen LogP) is 3.87. The summed E-state index contributed by atoms with van der Waals surface area (Å²) in [7, 11) is 4.71. The Kier molecular flexibility index (Phi) is 8.01. The summed E-state index contributed by atoms with van der Waals surface area (Å²) < 4.78 is 24.9. The quantitative estimate of drug-likeness (QED) is 0.324. The zero-order valence-electron chi connectivity index (χ0n) is 23.7. The van der Waals surface area contributed by atoms with Crippen molar-refractivity contribution in [3.05, 3.63) is 58.8 Å². The number of nitrogens with zero attached hydrogens (tertiary/aromatic N) is 5. The number of anilines is 2. The number of carbonyl (C=O) groups excluding carboxylic acids is 1. The second-order valence-electron chi connectivity index (χ2n) is 10.1. The second-order valence-corrected chi connectivity index (χ2v) is 10.1. The molecule has 0 aliphatic rings. The first-order valence-corrected chi connectivity index (χ1v) is 12.6. The van der Waals surface area contributed by atoms with Gasteiger partial charge in [0.05, 0.1) is 30.8 Å². The van der Waals surface area contributed by atoms with Crippen molar-refractivity contribution in [3.8, 4) is 22.9 Å². The number of nitrogens with two attached hydrogens (primary N) is 1. The Morgan fingerprint density at radius 1 is 1.02 bits per heavy atom. The van der Waals surface area contributed by atoms with Gasteiger partial charge in [0.25, 0.3) is 0 Å². The monoisotopic (exact) mass is 550 g/mol. The van der Waals surface area contributed by atoms with Crippen molar-refractivity contribution in [1.82, 2.24) is 19.1 Å². The third-order valence-electron chi connectivity index (χ3n) is 6.04. The Bertz CT molecular complexity index is 1600. The molecule has 2 heterocycles. The lowest BCUT2D eigenvalue weighted by molar-refractivity contribution is 0.0589. The van der Waals surface area contributed by atoms with Crippen molar-refractivity contribution in [1.29, 1.82) is 0 Å². The van der Waals surface area contributed by atoms with E-state index < -0.39 is 17.4 Å². The number of rotatable bonds is 8. The maximum atomic E-state index is 14.1. The zero-order valence-corrected chi connectivity index (χ0v) is 23.7. The molecular weight excluding hydrogens is 516 g/mol. The molecule has 0 aliphatic heterocycles. The highest BCUT2D eigenvalue weighted by Crippen LogP contribution is 2.30. The van der Waals surface area contributed by atoms with Crippen LogP contribution in [0.2, 0.25) is 0 Å². The molecule has 0 unspecified atom stereocenters. The molecule has 0 aliphatic carbocycles. The number of methoxy groups -OCH3 is 2. The maximum Gasteiger partial charge on any atom is 0.414 e. The maximum absolute atomic E-state index is 14.1. The summed E-state index contributed by atoms with van der Waals surface area (Å²) in [6.45, 7) is 7.86. The largest absolute Gasteiger partial charge is 0.496 e. The molecule has 40 heavy (non-hydrogen) atoms. The number of amides is 1. The van der Waals surface area contributed by atoms with E-state index in [-0.39, 0.29) is 18.1 Å². The molecule has 0 bridgehead atoms. The summed E-state index contributed by atoms with van der Waals surface area (Å²) in [4.78, 5) is 36.9. The van der Waals surface area contributed by atoms with Gasteiger partial charge < -0.3 is 24.7 Å². The number of ether oxygens (including phenoxy) is 4. The van der Waals surface area contributed by atoms with Gasteiger partial charge in [-0.25, -0.2) is 24.1 Å². The average molecular weight is 551 g/mol. The summed E-state index contributed by atoms with van der Waals surface area (Å²) in [5, 5.41) is 0. The number of hydrogen-bond acceptors (Lipinski definition) is 9. The van der Waals surface area contributed by atoms with E-state index in [1.54, 1.807) is 72.4 Å². The number of hydrogen-bond donors (Lipinski definition) is 1. The van der Waals surface area contributed by atoms with Gasteiger partial charge in [0.15, 0.2) is 11.5 Å². The van der Waals surface area contributed by atoms with Crippen molar-refractivity contribution in [2.24, 2.45) is 0 Å². The van der Waals surface area contributed by atoms with Crippen molar-refractivity contribution < 1.29 is 23.7 Å². The van der Waals surface area contributed by atoms with Crippen LogP contribution in [0.3, 0.4) is 0 Å². The van der Waals surface area contributed by atoms with Crippen LogP contribution in [0, 0.1) is 6.92 Å². The molecule has 0 saturated heterocycles. The van der Waals surface area contributed by atoms with E-state index in [0.717, 1.165) is 5.56 Å².